The first-order chi connectivity index (χ1) is 26.4. The molecule has 0 radical (unpaired) electrons. The summed E-state index contributed by atoms with van der Waals surface area (Å²) in [6.45, 7) is 10.3. The fourth-order valence-electron chi connectivity index (χ4n) is 7.00. The van der Waals surface area contributed by atoms with Gasteiger partial charge in [-0.3, -0.25) is 33.7 Å². The minimum absolute atomic E-state index is 0.0735. The summed E-state index contributed by atoms with van der Waals surface area (Å²) in [5.74, 6) is -5.16. The first-order valence-corrected chi connectivity index (χ1v) is 18.9. The van der Waals surface area contributed by atoms with Gasteiger partial charge < -0.3 is 19.9 Å². The van der Waals surface area contributed by atoms with Crippen LogP contribution in [0, 0.1) is 28.9 Å². The summed E-state index contributed by atoms with van der Waals surface area (Å²) in [5, 5.41) is 12.8. The van der Waals surface area contributed by atoms with E-state index in [-0.39, 0.29) is 36.7 Å². The zero-order valence-electron chi connectivity index (χ0n) is 32.9. The lowest BCUT2D eigenvalue weighted by molar-refractivity contribution is -0.141. The van der Waals surface area contributed by atoms with Gasteiger partial charge in [0.1, 0.15) is 18.2 Å². The van der Waals surface area contributed by atoms with Crippen molar-refractivity contribution in [3.63, 3.8) is 0 Å². The molecule has 13 heteroatoms. The molecule has 2 aromatic carbocycles. The van der Waals surface area contributed by atoms with E-state index >= 15 is 4.39 Å². The van der Waals surface area contributed by atoms with Gasteiger partial charge in [0.25, 0.3) is 11.8 Å². The Morgan fingerprint density at radius 1 is 0.911 bits per heavy atom. The third-order valence-electron chi connectivity index (χ3n) is 9.97. The number of nitrogens with zero attached hydrogens (tertiary/aromatic N) is 3. The average molecular weight is 775 g/mol. The summed E-state index contributed by atoms with van der Waals surface area (Å²) in [7, 11) is 0. The van der Waals surface area contributed by atoms with Crippen molar-refractivity contribution in [1.29, 1.82) is 0 Å². The van der Waals surface area contributed by atoms with Crippen LogP contribution in [-0.4, -0.2) is 80.4 Å². The number of aliphatic hydroxyl groups is 1. The van der Waals surface area contributed by atoms with Gasteiger partial charge in [-0.25, -0.2) is 8.78 Å². The predicted octanol–water partition coefficient (Wildman–Crippen LogP) is 5.79. The number of amides is 4. The Kier molecular flexibility index (Phi) is 14.8. The third-order valence-corrected chi connectivity index (χ3v) is 9.97. The van der Waals surface area contributed by atoms with Gasteiger partial charge in [0.05, 0.1) is 18.6 Å². The van der Waals surface area contributed by atoms with Gasteiger partial charge in [-0.2, -0.15) is 0 Å². The molecule has 11 nitrogen and oxygen atoms in total. The molecule has 1 aromatic heterocycles. The van der Waals surface area contributed by atoms with E-state index in [9.17, 15) is 38.3 Å². The summed E-state index contributed by atoms with van der Waals surface area (Å²) in [5.41, 5.74) is 1.50. The average Bonchev–Trinajstić information content (AvgIpc) is 3.69. The number of carbonyl (C=O) groups is 6. The molecule has 56 heavy (non-hydrogen) atoms. The Morgan fingerprint density at radius 2 is 1.57 bits per heavy atom. The highest BCUT2D eigenvalue weighted by Gasteiger charge is 2.37. The first kappa shape index (κ1) is 43.4. The van der Waals surface area contributed by atoms with E-state index in [0.717, 1.165) is 40.8 Å². The van der Waals surface area contributed by atoms with Crippen molar-refractivity contribution in [3.05, 3.63) is 95.8 Å². The highest BCUT2D eigenvalue weighted by atomic mass is 19.1. The Balaban J connectivity index is 1.47. The second kappa shape index (κ2) is 19.0. The molecular formula is C43H52F2N4O7. The lowest BCUT2D eigenvalue weighted by Crippen LogP contribution is -2.45. The van der Waals surface area contributed by atoms with Crippen LogP contribution in [-0.2, 0) is 35.3 Å². The van der Waals surface area contributed by atoms with E-state index in [4.69, 9.17) is 0 Å². The molecule has 4 rings (SSSR count). The Labute approximate surface area is 326 Å². The number of Topliss-reactive ketones (excluding diaryl/α,β-unsaturated/α-hetero) is 2. The molecule has 4 amide bonds. The second-order valence-corrected chi connectivity index (χ2v) is 15.7. The molecular weight excluding hydrogens is 722 g/mol. The molecule has 1 aliphatic heterocycles. The maximum Gasteiger partial charge on any atom is 0.254 e. The van der Waals surface area contributed by atoms with Crippen molar-refractivity contribution in [3.8, 4) is 11.1 Å². The third kappa shape index (κ3) is 11.1. The Hall–Kier alpha value is -5.30. The highest BCUT2D eigenvalue weighted by Crippen LogP contribution is 2.41. The number of nitrogens with one attached hydrogen (secondary N) is 1. The normalized spacial score (nSPS) is 14.6. The topological polar surface area (TPSA) is 146 Å². The minimum Gasteiger partial charge on any atom is -0.387 e. The van der Waals surface area contributed by atoms with Crippen molar-refractivity contribution in [2.24, 2.45) is 17.3 Å². The second-order valence-electron chi connectivity index (χ2n) is 15.7. The smallest absolute Gasteiger partial charge is 0.254 e. The van der Waals surface area contributed by atoms with Crippen LogP contribution in [0.4, 0.5) is 8.78 Å². The number of halogens is 2. The summed E-state index contributed by atoms with van der Waals surface area (Å²) in [4.78, 5) is 78.8. The first-order valence-electron chi connectivity index (χ1n) is 18.9. The molecule has 0 saturated heterocycles. The molecule has 1 aliphatic rings. The lowest BCUT2D eigenvalue weighted by Gasteiger charge is -2.41. The zero-order valence-corrected chi connectivity index (χ0v) is 32.9. The fraction of sp³-hybridized carbons (Fsp3) is 0.442. The van der Waals surface area contributed by atoms with Gasteiger partial charge in [0, 0.05) is 67.0 Å². The number of rotatable bonds is 19. The molecule has 0 saturated carbocycles. The van der Waals surface area contributed by atoms with Crippen molar-refractivity contribution < 1.29 is 42.7 Å². The van der Waals surface area contributed by atoms with E-state index in [2.05, 4.69) is 5.32 Å². The van der Waals surface area contributed by atoms with Gasteiger partial charge in [0.2, 0.25) is 11.8 Å². The highest BCUT2D eigenvalue weighted by molar-refractivity contribution is 6.14. The number of imide groups is 1. The van der Waals surface area contributed by atoms with Gasteiger partial charge in [-0.15, -0.1) is 0 Å². The number of hydrogen-bond acceptors (Lipinski definition) is 7. The Morgan fingerprint density at radius 3 is 2.18 bits per heavy atom. The number of hydrogen-bond donors (Lipinski definition) is 2. The monoisotopic (exact) mass is 774 g/mol. The van der Waals surface area contributed by atoms with E-state index in [1.54, 1.807) is 37.9 Å². The summed E-state index contributed by atoms with van der Waals surface area (Å²) < 4.78 is 31.3. The number of aliphatic hydroxyl groups excluding tert-OH is 1. The molecule has 0 unspecified atom stereocenters. The SMILES string of the molecule is CC(C)[C@H](CC(=O)CN1C(=O)C=CC1=O)C(=O)N[C@@H](C)C(=O)CCCCN(C(=O)CO)[C@@H](c1cc(-c2cc(F)ccc2F)cn1Cc1ccccc1)C(C)(C)C. The van der Waals surface area contributed by atoms with Gasteiger partial charge in [-0.1, -0.05) is 65.0 Å². The number of aromatic nitrogens is 1. The van der Waals surface area contributed by atoms with Crippen LogP contribution < -0.4 is 5.32 Å². The molecule has 3 aromatic rings. The van der Waals surface area contributed by atoms with Crippen LogP contribution in [0.25, 0.3) is 11.1 Å². The quantitative estimate of drug-likeness (QED) is 0.116. The van der Waals surface area contributed by atoms with Crippen LogP contribution in [0.3, 0.4) is 0 Å². The maximum atomic E-state index is 15.1. The summed E-state index contributed by atoms with van der Waals surface area (Å²) >= 11 is 0. The fourth-order valence-corrected chi connectivity index (χ4v) is 7.00. The predicted molar refractivity (Wildman–Crippen MR) is 207 cm³/mol. The standard InChI is InChI=1S/C43H52F2N4O7/c1-27(2)33(22-32(51)25-49-38(53)17-18-39(49)54)42(56)46-28(3)37(52)14-10-11-19-48(40(55)26-50)41(43(4,5)6)36-20-30(34-21-31(44)15-16-35(34)45)24-47(36)23-29-12-8-7-9-13-29/h7-9,12-13,15-18,20-21,24,27-28,33,41,50H,10-11,14,19,22-23,25-26H2,1-6H3,(H,46,56)/t28-,33-,41-/m0/s1. The number of benzene rings is 2. The van der Waals surface area contributed by atoms with Crippen molar-refractivity contribution >= 4 is 35.2 Å². The van der Waals surface area contributed by atoms with E-state index in [1.165, 1.54) is 0 Å². The lowest BCUT2D eigenvalue weighted by atomic mass is 9.82. The van der Waals surface area contributed by atoms with Crippen molar-refractivity contribution in [1.82, 2.24) is 19.7 Å². The number of unbranched alkanes of at least 4 members (excludes halogenated alkanes) is 1. The maximum absolute atomic E-state index is 15.1. The molecule has 3 atom stereocenters. The van der Waals surface area contributed by atoms with E-state index in [0.29, 0.717) is 30.6 Å². The molecule has 0 bridgehead atoms. The molecule has 0 spiro atoms. The molecule has 2 heterocycles. The van der Waals surface area contributed by atoms with Gasteiger partial charge >= 0.3 is 0 Å². The molecule has 0 aliphatic carbocycles. The Bertz CT molecular complexity index is 1930. The van der Waals surface area contributed by atoms with Gasteiger partial charge in [-0.05, 0) is 60.9 Å². The van der Waals surface area contributed by atoms with Crippen LogP contribution >= 0.6 is 0 Å². The largest absolute Gasteiger partial charge is 0.387 e. The zero-order chi connectivity index (χ0) is 41.3. The van der Waals surface area contributed by atoms with Crippen LogP contribution in [0.2, 0.25) is 0 Å². The summed E-state index contributed by atoms with van der Waals surface area (Å²) in [6, 6.07) is 13.1. The molecule has 300 valence electrons. The van der Waals surface area contributed by atoms with Crippen LogP contribution in [0.1, 0.15) is 84.5 Å². The van der Waals surface area contributed by atoms with Crippen molar-refractivity contribution in [2.75, 3.05) is 19.7 Å². The summed E-state index contributed by atoms with van der Waals surface area (Å²) in [6.07, 6.45) is 4.50. The molecule has 2 N–H and O–H groups in total. The van der Waals surface area contributed by atoms with Crippen LogP contribution in [0.15, 0.2) is 72.9 Å². The van der Waals surface area contributed by atoms with E-state index in [1.807, 2.05) is 55.7 Å². The minimum atomic E-state index is -0.870. The van der Waals surface area contributed by atoms with Gasteiger partial charge in [0.15, 0.2) is 11.6 Å². The van der Waals surface area contributed by atoms with Crippen LogP contribution in [0.5, 0.6) is 0 Å². The number of carbonyl (C=O) groups excluding carboxylic acids is 6. The number of ketones is 2. The molecule has 0 fully saturated rings. The van der Waals surface area contributed by atoms with E-state index < -0.39 is 77.6 Å². The van der Waals surface area contributed by atoms with Crippen molar-refractivity contribution in [2.45, 2.75) is 85.9 Å².